The van der Waals surface area contributed by atoms with Crippen molar-refractivity contribution in [2.45, 2.75) is 46.1 Å². The highest BCUT2D eigenvalue weighted by atomic mass is 16.5. The molecule has 5 nitrogen and oxygen atoms in total. The summed E-state index contributed by atoms with van der Waals surface area (Å²) in [5.74, 6) is -1.18. The van der Waals surface area contributed by atoms with Crippen molar-refractivity contribution in [1.82, 2.24) is 0 Å². The molecule has 0 N–H and O–H groups in total. The minimum Gasteiger partial charge on any atom is -0.464 e. The normalized spacial score (nSPS) is 20.9. The molecule has 1 fully saturated rings. The van der Waals surface area contributed by atoms with E-state index in [1.165, 1.54) is 11.8 Å². The largest absolute Gasteiger partial charge is 0.464 e. The van der Waals surface area contributed by atoms with Crippen molar-refractivity contribution in [2.24, 2.45) is 5.92 Å². The fourth-order valence-corrected chi connectivity index (χ4v) is 2.92. The first-order chi connectivity index (χ1) is 10.9. The molecule has 0 radical (unpaired) electrons. The summed E-state index contributed by atoms with van der Waals surface area (Å²) in [7, 11) is 0. The second-order valence-electron chi connectivity index (χ2n) is 6.13. The Morgan fingerprint density at radius 1 is 1.26 bits per heavy atom. The number of hydrogen-bond acceptors (Lipinski definition) is 4. The van der Waals surface area contributed by atoms with Crippen molar-refractivity contribution < 1.29 is 19.1 Å². The van der Waals surface area contributed by atoms with E-state index in [9.17, 15) is 14.4 Å². The van der Waals surface area contributed by atoms with E-state index in [1.54, 1.807) is 6.92 Å². The maximum absolute atomic E-state index is 12.4. The van der Waals surface area contributed by atoms with Crippen LogP contribution in [-0.2, 0) is 19.1 Å². The van der Waals surface area contributed by atoms with Gasteiger partial charge in [-0.15, -0.1) is 0 Å². The standard InChI is InChI=1S/C18H23NO4/c1-5-23-18(22)17-15(12(4)20)10-16(21)19(17)14-8-6-13(7-9-14)11(2)3/h6-9,11,15,17H,5,10H2,1-4H3/t15-,17-/m1/s1. The molecule has 1 saturated heterocycles. The molecule has 1 aromatic carbocycles. The lowest BCUT2D eigenvalue weighted by molar-refractivity contribution is -0.147. The number of nitrogens with zero attached hydrogens (tertiary/aromatic N) is 1. The van der Waals surface area contributed by atoms with E-state index < -0.39 is 17.9 Å². The highest BCUT2D eigenvalue weighted by molar-refractivity contribution is 6.07. The van der Waals surface area contributed by atoms with Gasteiger partial charge in [0.2, 0.25) is 5.91 Å². The lowest BCUT2D eigenvalue weighted by atomic mass is 9.96. The first-order valence-corrected chi connectivity index (χ1v) is 7.95. The molecule has 1 aromatic rings. The monoisotopic (exact) mass is 317 g/mol. The molecule has 0 aromatic heterocycles. The van der Waals surface area contributed by atoms with Crippen LogP contribution in [-0.4, -0.2) is 30.3 Å². The van der Waals surface area contributed by atoms with Crippen LogP contribution in [0.5, 0.6) is 0 Å². The van der Waals surface area contributed by atoms with E-state index in [0.717, 1.165) is 5.56 Å². The molecule has 1 amide bonds. The van der Waals surface area contributed by atoms with Crippen LogP contribution in [0.3, 0.4) is 0 Å². The summed E-state index contributed by atoms with van der Waals surface area (Å²) in [6.45, 7) is 7.51. The van der Waals surface area contributed by atoms with E-state index in [2.05, 4.69) is 13.8 Å². The van der Waals surface area contributed by atoms with E-state index in [4.69, 9.17) is 4.74 Å². The van der Waals surface area contributed by atoms with Gasteiger partial charge in [0.25, 0.3) is 0 Å². The molecule has 5 heteroatoms. The third-order valence-electron chi connectivity index (χ3n) is 4.21. The smallest absolute Gasteiger partial charge is 0.330 e. The highest BCUT2D eigenvalue weighted by Crippen LogP contribution is 2.33. The maximum atomic E-state index is 12.4. The Bertz CT molecular complexity index is 606. The topological polar surface area (TPSA) is 63.7 Å². The molecular weight excluding hydrogens is 294 g/mol. The second kappa shape index (κ2) is 6.94. The molecule has 1 aliphatic heterocycles. The summed E-state index contributed by atoms with van der Waals surface area (Å²) < 4.78 is 5.08. The molecule has 0 aliphatic carbocycles. The van der Waals surface area contributed by atoms with Crippen molar-refractivity contribution in [3.05, 3.63) is 29.8 Å². The van der Waals surface area contributed by atoms with Gasteiger partial charge in [0.1, 0.15) is 11.8 Å². The third-order valence-corrected chi connectivity index (χ3v) is 4.21. The number of esters is 1. The predicted octanol–water partition coefficient (Wildman–Crippen LogP) is 2.68. The number of benzene rings is 1. The number of carbonyl (C=O) groups is 3. The Kier molecular flexibility index (Phi) is 5.19. The fourth-order valence-electron chi connectivity index (χ4n) is 2.92. The van der Waals surface area contributed by atoms with Crippen LogP contribution in [0.1, 0.15) is 45.6 Å². The Morgan fingerprint density at radius 3 is 2.35 bits per heavy atom. The van der Waals surface area contributed by atoms with Crippen LogP contribution in [0.25, 0.3) is 0 Å². The molecular formula is C18H23NO4. The van der Waals surface area contributed by atoms with E-state index in [0.29, 0.717) is 11.6 Å². The van der Waals surface area contributed by atoms with Gasteiger partial charge in [-0.05, 0) is 37.5 Å². The van der Waals surface area contributed by atoms with Crippen LogP contribution in [0.2, 0.25) is 0 Å². The fraction of sp³-hybridized carbons (Fsp3) is 0.500. The number of hydrogen-bond donors (Lipinski definition) is 0. The van der Waals surface area contributed by atoms with Gasteiger partial charge >= 0.3 is 5.97 Å². The molecule has 1 aliphatic rings. The Balaban J connectivity index is 2.38. The molecule has 124 valence electrons. The summed E-state index contributed by atoms with van der Waals surface area (Å²) in [4.78, 5) is 37.9. The highest BCUT2D eigenvalue weighted by Gasteiger charge is 2.47. The maximum Gasteiger partial charge on any atom is 0.330 e. The van der Waals surface area contributed by atoms with E-state index in [1.807, 2.05) is 24.3 Å². The lowest BCUT2D eigenvalue weighted by Crippen LogP contribution is -2.44. The van der Waals surface area contributed by atoms with E-state index in [-0.39, 0.29) is 24.7 Å². The van der Waals surface area contributed by atoms with Gasteiger partial charge in [-0.25, -0.2) is 4.79 Å². The van der Waals surface area contributed by atoms with Gasteiger partial charge in [-0.3, -0.25) is 14.5 Å². The molecule has 0 bridgehead atoms. The molecule has 2 rings (SSSR count). The van der Waals surface area contributed by atoms with Crippen LogP contribution in [0.4, 0.5) is 5.69 Å². The van der Waals surface area contributed by atoms with Gasteiger partial charge < -0.3 is 4.74 Å². The van der Waals surface area contributed by atoms with Gasteiger partial charge in [-0.2, -0.15) is 0 Å². The SMILES string of the molecule is CCOC(=O)[C@H]1[C@@H](C(C)=O)CC(=O)N1c1ccc(C(C)C)cc1. The van der Waals surface area contributed by atoms with Crippen molar-refractivity contribution in [2.75, 3.05) is 11.5 Å². The minimum atomic E-state index is -0.871. The molecule has 2 atom stereocenters. The molecule has 0 unspecified atom stereocenters. The van der Waals surface area contributed by atoms with Crippen molar-refractivity contribution in [3.8, 4) is 0 Å². The second-order valence-corrected chi connectivity index (χ2v) is 6.13. The number of anilines is 1. The van der Waals surface area contributed by atoms with E-state index >= 15 is 0 Å². The number of amides is 1. The average Bonchev–Trinajstić information content (AvgIpc) is 2.85. The van der Waals surface area contributed by atoms with Crippen LogP contribution in [0, 0.1) is 5.92 Å². The van der Waals surface area contributed by atoms with Gasteiger partial charge in [0.05, 0.1) is 12.5 Å². The number of carbonyl (C=O) groups excluding carboxylic acids is 3. The summed E-state index contributed by atoms with van der Waals surface area (Å²) in [6.07, 6.45) is 0.0464. The summed E-state index contributed by atoms with van der Waals surface area (Å²) >= 11 is 0. The van der Waals surface area contributed by atoms with Crippen molar-refractivity contribution >= 4 is 23.3 Å². The summed E-state index contributed by atoms with van der Waals surface area (Å²) in [5, 5.41) is 0. The zero-order valence-electron chi connectivity index (χ0n) is 14.0. The van der Waals surface area contributed by atoms with Crippen LogP contribution >= 0.6 is 0 Å². The number of ketones is 1. The molecule has 23 heavy (non-hydrogen) atoms. The summed E-state index contributed by atoms with van der Waals surface area (Å²) in [6, 6.07) is 6.65. The van der Waals surface area contributed by atoms with Gasteiger partial charge in [0, 0.05) is 12.1 Å². The Labute approximate surface area is 136 Å². The Hall–Kier alpha value is -2.17. The molecule has 0 spiro atoms. The summed E-state index contributed by atoms with van der Waals surface area (Å²) in [5.41, 5.74) is 1.78. The predicted molar refractivity (Wildman–Crippen MR) is 87.2 cm³/mol. The average molecular weight is 317 g/mol. The van der Waals surface area contributed by atoms with Crippen molar-refractivity contribution in [3.63, 3.8) is 0 Å². The lowest BCUT2D eigenvalue weighted by Gasteiger charge is -2.26. The molecule has 1 heterocycles. The van der Waals surface area contributed by atoms with Gasteiger partial charge in [-0.1, -0.05) is 26.0 Å². The quantitative estimate of drug-likeness (QED) is 0.783. The minimum absolute atomic E-state index is 0.0464. The number of Topliss-reactive ketones (excluding diaryl/α,β-unsaturated/α-hetero) is 1. The van der Waals surface area contributed by atoms with Crippen molar-refractivity contribution in [1.29, 1.82) is 0 Å². The zero-order chi connectivity index (χ0) is 17.1. The van der Waals surface area contributed by atoms with Gasteiger partial charge in [0.15, 0.2) is 0 Å². The zero-order valence-corrected chi connectivity index (χ0v) is 14.0. The first kappa shape index (κ1) is 17.2. The Morgan fingerprint density at radius 2 is 1.87 bits per heavy atom. The first-order valence-electron chi connectivity index (χ1n) is 7.95. The van der Waals surface area contributed by atoms with Crippen LogP contribution in [0.15, 0.2) is 24.3 Å². The van der Waals surface area contributed by atoms with Crippen LogP contribution < -0.4 is 4.90 Å². The molecule has 0 saturated carbocycles. The number of ether oxygens (including phenoxy) is 1. The number of rotatable bonds is 5. The third kappa shape index (κ3) is 3.44.